The van der Waals surface area contributed by atoms with Crippen molar-refractivity contribution in [2.75, 3.05) is 18.5 Å². The number of hydrogen-bond acceptors (Lipinski definition) is 2. The minimum Gasteiger partial charge on any atom is -0.490 e. The van der Waals surface area contributed by atoms with Gasteiger partial charge in [-0.15, -0.1) is 12.4 Å². The monoisotopic (exact) mass is 185 g/mol. The average molecular weight is 186 g/mol. The summed E-state index contributed by atoms with van der Waals surface area (Å²) in [4.78, 5) is 0. The Morgan fingerprint density at radius 2 is 2.25 bits per heavy atom. The lowest BCUT2D eigenvalue weighted by atomic mass is 10.2. The summed E-state index contributed by atoms with van der Waals surface area (Å²) in [5.41, 5.74) is 2.36. The largest absolute Gasteiger partial charge is 0.490 e. The van der Waals surface area contributed by atoms with Gasteiger partial charge in [0.05, 0.1) is 5.69 Å². The molecule has 0 aliphatic carbocycles. The summed E-state index contributed by atoms with van der Waals surface area (Å²) in [6.07, 6.45) is 0. The number of nitrogens with one attached hydrogen (secondary N) is 1. The second-order valence-corrected chi connectivity index (χ2v) is 2.77. The topological polar surface area (TPSA) is 21.3 Å². The van der Waals surface area contributed by atoms with Gasteiger partial charge in [-0.3, -0.25) is 0 Å². The zero-order chi connectivity index (χ0) is 7.68. The lowest BCUT2D eigenvalue weighted by molar-refractivity contribution is 0.323. The highest BCUT2D eigenvalue weighted by molar-refractivity contribution is 5.85. The van der Waals surface area contributed by atoms with Crippen LogP contribution in [-0.4, -0.2) is 13.2 Å². The van der Waals surface area contributed by atoms with E-state index in [-0.39, 0.29) is 12.4 Å². The fourth-order valence-electron chi connectivity index (χ4n) is 1.24. The maximum atomic E-state index is 5.44. The fraction of sp³-hybridized carbons (Fsp3) is 0.333. The second-order valence-electron chi connectivity index (χ2n) is 2.77. The van der Waals surface area contributed by atoms with Gasteiger partial charge in [-0.25, -0.2) is 0 Å². The van der Waals surface area contributed by atoms with E-state index in [1.165, 1.54) is 5.56 Å². The molecule has 12 heavy (non-hydrogen) atoms. The van der Waals surface area contributed by atoms with E-state index in [4.69, 9.17) is 4.74 Å². The van der Waals surface area contributed by atoms with E-state index in [2.05, 4.69) is 30.4 Å². The number of anilines is 1. The van der Waals surface area contributed by atoms with Gasteiger partial charge in [0.15, 0.2) is 0 Å². The smallest absolute Gasteiger partial charge is 0.142 e. The number of halogens is 1. The van der Waals surface area contributed by atoms with Crippen LogP contribution in [0.4, 0.5) is 5.69 Å². The van der Waals surface area contributed by atoms with Crippen LogP contribution in [0, 0.1) is 6.92 Å². The van der Waals surface area contributed by atoms with Gasteiger partial charge in [0.2, 0.25) is 0 Å². The Balaban J connectivity index is 0.000000720. The second kappa shape index (κ2) is 3.68. The van der Waals surface area contributed by atoms with Gasteiger partial charge >= 0.3 is 0 Å². The van der Waals surface area contributed by atoms with Crippen LogP contribution in [0.5, 0.6) is 5.75 Å². The third-order valence-electron chi connectivity index (χ3n) is 1.81. The van der Waals surface area contributed by atoms with Gasteiger partial charge < -0.3 is 10.1 Å². The molecule has 0 saturated carbocycles. The van der Waals surface area contributed by atoms with E-state index < -0.39 is 0 Å². The number of hydrogen-bond donors (Lipinski definition) is 1. The molecule has 2 nitrogen and oxygen atoms in total. The van der Waals surface area contributed by atoms with Gasteiger partial charge in [-0.1, -0.05) is 6.07 Å². The molecule has 0 fully saturated rings. The van der Waals surface area contributed by atoms with E-state index in [1.54, 1.807) is 0 Å². The quantitative estimate of drug-likeness (QED) is 0.669. The van der Waals surface area contributed by atoms with E-state index in [1.807, 2.05) is 0 Å². The third-order valence-corrected chi connectivity index (χ3v) is 1.81. The molecule has 1 N–H and O–H groups in total. The summed E-state index contributed by atoms with van der Waals surface area (Å²) in [6, 6.07) is 6.20. The third kappa shape index (κ3) is 1.64. The molecular weight excluding hydrogens is 174 g/mol. The summed E-state index contributed by atoms with van der Waals surface area (Å²) in [5.74, 6) is 0.983. The Hall–Kier alpha value is -0.890. The first-order valence-corrected chi connectivity index (χ1v) is 3.83. The first-order valence-electron chi connectivity index (χ1n) is 3.83. The molecule has 1 heterocycles. The molecule has 0 spiro atoms. The van der Waals surface area contributed by atoms with E-state index in [9.17, 15) is 0 Å². The van der Waals surface area contributed by atoms with E-state index >= 15 is 0 Å². The standard InChI is InChI=1S/C9H11NO.ClH/c1-7-2-3-8-9(6-7)11-5-4-10-8;/h2-3,6,10H,4-5H2,1H3;1H. The van der Waals surface area contributed by atoms with Crippen molar-refractivity contribution in [3.63, 3.8) is 0 Å². The van der Waals surface area contributed by atoms with Crippen LogP contribution >= 0.6 is 12.4 Å². The molecule has 0 atom stereocenters. The number of ether oxygens (including phenoxy) is 1. The highest BCUT2D eigenvalue weighted by Gasteiger charge is 2.07. The molecule has 3 heteroatoms. The van der Waals surface area contributed by atoms with Crippen LogP contribution in [0.25, 0.3) is 0 Å². The minimum absolute atomic E-state index is 0. The highest BCUT2D eigenvalue weighted by Crippen LogP contribution is 2.27. The number of benzene rings is 1. The highest BCUT2D eigenvalue weighted by atomic mass is 35.5. The molecule has 0 saturated heterocycles. The first-order chi connectivity index (χ1) is 5.36. The van der Waals surface area contributed by atoms with Gasteiger partial charge in [0.1, 0.15) is 12.4 Å². The van der Waals surface area contributed by atoms with Crippen LogP contribution in [0.3, 0.4) is 0 Å². The Labute approximate surface area is 78.3 Å². The molecule has 1 aliphatic rings. The SMILES string of the molecule is Cc1ccc2c(c1)OCCN2.Cl. The molecule has 0 aromatic heterocycles. The van der Waals surface area contributed by atoms with Crippen LogP contribution in [0.1, 0.15) is 5.56 Å². The Morgan fingerprint density at radius 1 is 1.42 bits per heavy atom. The minimum atomic E-state index is 0. The maximum absolute atomic E-state index is 5.44. The van der Waals surface area contributed by atoms with Crippen molar-refractivity contribution >= 4 is 18.1 Å². The normalized spacial score (nSPS) is 13.4. The van der Waals surface area contributed by atoms with Crippen molar-refractivity contribution in [3.8, 4) is 5.75 Å². The van der Waals surface area contributed by atoms with Crippen molar-refractivity contribution in [1.29, 1.82) is 0 Å². The van der Waals surface area contributed by atoms with Crippen molar-refractivity contribution < 1.29 is 4.74 Å². The lowest BCUT2D eigenvalue weighted by Gasteiger charge is -2.18. The molecule has 0 amide bonds. The van der Waals surface area contributed by atoms with Crippen molar-refractivity contribution in [2.24, 2.45) is 0 Å². The number of fused-ring (bicyclic) bond motifs is 1. The number of aryl methyl sites for hydroxylation is 1. The molecule has 1 aromatic rings. The van der Waals surface area contributed by atoms with Crippen LogP contribution in [0.15, 0.2) is 18.2 Å². The van der Waals surface area contributed by atoms with Crippen molar-refractivity contribution in [2.45, 2.75) is 6.92 Å². The molecule has 0 bridgehead atoms. The molecule has 2 rings (SSSR count). The first kappa shape index (κ1) is 9.20. The lowest BCUT2D eigenvalue weighted by Crippen LogP contribution is -2.17. The fourth-order valence-corrected chi connectivity index (χ4v) is 1.24. The Bertz CT molecular complexity index is 275. The van der Waals surface area contributed by atoms with Crippen LogP contribution in [0.2, 0.25) is 0 Å². The van der Waals surface area contributed by atoms with Gasteiger partial charge in [-0.05, 0) is 24.6 Å². The summed E-state index contributed by atoms with van der Waals surface area (Å²) in [6.45, 7) is 3.75. The van der Waals surface area contributed by atoms with Crippen molar-refractivity contribution in [3.05, 3.63) is 23.8 Å². The molecular formula is C9H12ClNO. The Kier molecular flexibility index (Phi) is 2.82. The summed E-state index contributed by atoms with van der Waals surface area (Å²) in [7, 11) is 0. The predicted molar refractivity (Wildman–Crippen MR) is 52.4 cm³/mol. The predicted octanol–water partition coefficient (Wildman–Crippen LogP) is 2.22. The van der Waals surface area contributed by atoms with Crippen LogP contribution in [-0.2, 0) is 0 Å². The van der Waals surface area contributed by atoms with Gasteiger partial charge in [-0.2, -0.15) is 0 Å². The molecule has 1 aromatic carbocycles. The van der Waals surface area contributed by atoms with E-state index in [0.29, 0.717) is 0 Å². The molecule has 66 valence electrons. The summed E-state index contributed by atoms with van der Waals surface area (Å²) in [5, 5.41) is 3.26. The van der Waals surface area contributed by atoms with Gasteiger partial charge in [0, 0.05) is 6.54 Å². The Morgan fingerprint density at radius 3 is 3.08 bits per heavy atom. The summed E-state index contributed by atoms with van der Waals surface area (Å²) < 4.78 is 5.44. The average Bonchev–Trinajstić information content (AvgIpc) is 2.04. The van der Waals surface area contributed by atoms with E-state index in [0.717, 1.165) is 24.6 Å². The maximum Gasteiger partial charge on any atom is 0.142 e. The molecule has 1 aliphatic heterocycles. The zero-order valence-corrected chi connectivity index (χ0v) is 7.78. The number of rotatable bonds is 0. The zero-order valence-electron chi connectivity index (χ0n) is 6.96. The van der Waals surface area contributed by atoms with Gasteiger partial charge in [0.25, 0.3) is 0 Å². The molecule has 0 unspecified atom stereocenters. The molecule has 0 radical (unpaired) electrons. The summed E-state index contributed by atoms with van der Waals surface area (Å²) >= 11 is 0. The van der Waals surface area contributed by atoms with Crippen molar-refractivity contribution in [1.82, 2.24) is 0 Å². The van der Waals surface area contributed by atoms with Crippen LogP contribution < -0.4 is 10.1 Å².